The van der Waals surface area contributed by atoms with Crippen LogP contribution in [0.3, 0.4) is 0 Å². The maximum absolute atomic E-state index is 11.0. The van der Waals surface area contributed by atoms with E-state index in [9.17, 15) is 4.79 Å². The van der Waals surface area contributed by atoms with E-state index >= 15 is 0 Å². The van der Waals surface area contributed by atoms with Crippen LogP contribution in [0.5, 0.6) is 5.75 Å². The van der Waals surface area contributed by atoms with Crippen molar-refractivity contribution in [2.45, 2.75) is 13.5 Å². The predicted octanol–water partition coefficient (Wildman–Crippen LogP) is 4.03. The van der Waals surface area contributed by atoms with Gasteiger partial charge in [-0.05, 0) is 30.2 Å². The number of aldehydes is 1. The number of ether oxygens (including phenoxy) is 1. The summed E-state index contributed by atoms with van der Waals surface area (Å²) in [5.41, 5.74) is 3.72. The molecule has 0 radical (unpaired) electrons. The fourth-order valence-electron chi connectivity index (χ4n) is 1.91. The van der Waals surface area contributed by atoms with Gasteiger partial charge in [-0.25, -0.2) is 0 Å². The third-order valence-corrected chi connectivity index (χ3v) is 2.95. The lowest BCUT2D eigenvalue weighted by atomic mass is 10.1. The number of hydrogen-bond donors (Lipinski definition) is 0. The van der Waals surface area contributed by atoms with Gasteiger partial charge in [0.1, 0.15) is 12.4 Å². The molecule has 2 rings (SSSR count). The van der Waals surface area contributed by atoms with Gasteiger partial charge < -0.3 is 4.74 Å². The highest BCUT2D eigenvalue weighted by Gasteiger charge is 2.05. The second-order valence-corrected chi connectivity index (χ2v) is 4.35. The van der Waals surface area contributed by atoms with Gasteiger partial charge in [0.2, 0.25) is 0 Å². The van der Waals surface area contributed by atoms with Gasteiger partial charge in [-0.3, -0.25) is 4.79 Å². The number of carbonyl (C=O) groups is 1. The molecule has 0 amide bonds. The van der Waals surface area contributed by atoms with Crippen LogP contribution in [0, 0.1) is 6.92 Å². The molecule has 19 heavy (non-hydrogen) atoms. The Kier molecular flexibility index (Phi) is 4.14. The maximum Gasteiger partial charge on any atom is 0.153 e. The van der Waals surface area contributed by atoms with E-state index in [0.29, 0.717) is 17.9 Å². The normalized spacial score (nSPS) is 9.95. The van der Waals surface area contributed by atoms with Crippen LogP contribution in [0.1, 0.15) is 27.0 Å². The number of aryl methyl sites for hydroxylation is 1. The minimum absolute atomic E-state index is 0.423. The minimum atomic E-state index is 0.423. The Labute approximate surface area is 113 Å². The lowest BCUT2D eigenvalue weighted by molar-refractivity contribution is 0.111. The van der Waals surface area contributed by atoms with E-state index in [1.54, 1.807) is 6.08 Å². The highest BCUT2D eigenvalue weighted by Crippen LogP contribution is 2.20. The summed E-state index contributed by atoms with van der Waals surface area (Å²) in [6.07, 6.45) is 2.62. The zero-order chi connectivity index (χ0) is 13.7. The molecule has 0 unspecified atom stereocenters. The monoisotopic (exact) mass is 252 g/mol. The van der Waals surface area contributed by atoms with Crippen LogP contribution in [0.2, 0.25) is 0 Å². The van der Waals surface area contributed by atoms with Crippen molar-refractivity contribution >= 4 is 12.4 Å². The fraction of sp³-hybridized carbons (Fsp3) is 0.118. The molecule has 0 fully saturated rings. The molecule has 0 aliphatic heterocycles. The third-order valence-electron chi connectivity index (χ3n) is 2.95. The van der Waals surface area contributed by atoms with Crippen molar-refractivity contribution in [3.63, 3.8) is 0 Å². The Morgan fingerprint density at radius 2 is 1.95 bits per heavy atom. The zero-order valence-electron chi connectivity index (χ0n) is 10.9. The number of rotatable bonds is 5. The molecule has 0 spiro atoms. The molecule has 2 aromatic rings. The molecular formula is C17H16O2. The quantitative estimate of drug-likeness (QED) is 0.751. The molecule has 0 N–H and O–H groups in total. The fourth-order valence-corrected chi connectivity index (χ4v) is 1.91. The van der Waals surface area contributed by atoms with E-state index in [1.807, 2.05) is 49.4 Å². The molecule has 0 saturated carbocycles. The Morgan fingerprint density at radius 3 is 2.68 bits per heavy atom. The first-order chi connectivity index (χ1) is 9.24. The van der Waals surface area contributed by atoms with Crippen LogP contribution < -0.4 is 4.74 Å². The summed E-state index contributed by atoms with van der Waals surface area (Å²) in [6, 6.07) is 13.5. The minimum Gasteiger partial charge on any atom is -0.488 e. The van der Waals surface area contributed by atoms with Gasteiger partial charge in [-0.1, -0.05) is 48.6 Å². The van der Waals surface area contributed by atoms with Gasteiger partial charge in [-0.15, -0.1) is 0 Å². The zero-order valence-corrected chi connectivity index (χ0v) is 10.9. The number of carbonyl (C=O) groups excluding carboxylic acids is 1. The van der Waals surface area contributed by atoms with Gasteiger partial charge in [-0.2, -0.15) is 0 Å². The van der Waals surface area contributed by atoms with Crippen molar-refractivity contribution in [1.82, 2.24) is 0 Å². The van der Waals surface area contributed by atoms with Gasteiger partial charge in [0.05, 0.1) is 5.56 Å². The van der Waals surface area contributed by atoms with Crippen LogP contribution >= 0.6 is 0 Å². The molecule has 0 aromatic heterocycles. The van der Waals surface area contributed by atoms with Crippen LogP contribution in [-0.2, 0) is 6.61 Å². The Hall–Kier alpha value is -2.35. The molecular weight excluding hydrogens is 236 g/mol. The largest absolute Gasteiger partial charge is 0.488 e. The molecule has 0 atom stereocenters. The van der Waals surface area contributed by atoms with Gasteiger partial charge >= 0.3 is 0 Å². The molecule has 0 saturated heterocycles. The van der Waals surface area contributed by atoms with Crippen LogP contribution in [0.4, 0.5) is 0 Å². The van der Waals surface area contributed by atoms with Gasteiger partial charge in [0.25, 0.3) is 0 Å². The van der Waals surface area contributed by atoms with E-state index in [1.165, 1.54) is 0 Å². The topological polar surface area (TPSA) is 26.3 Å². The summed E-state index contributed by atoms with van der Waals surface area (Å²) in [4.78, 5) is 11.0. The van der Waals surface area contributed by atoms with Gasteiger partial charge in [0.15, 0.2) is 6.29 Å². The first-order valence-corrected chi connectivity index (χ1v) is 6.13. The molecule has 0 bridgehead atoms. The third kappa shape index (κ3) is 3.10. The van der Waals surface area contributed by atoms with Gasteiger partial charge in [0, 0.05) is 0 Å². The van der Waals surface area contributed by atoms with Crippen molar-refractivity contribution in [1.29, 1.82) is 0 Å². The van der Waals surface area contributed by atoms with E-state index < -0.39 is 0 Å². The van der Waals surface area contributed by atoms with Crippen molar-refractivity contribution in [3.8, 4) is 5.75 Å². The highest BCUT2D eigenvalue weighted by molar-refractivity contribution is 5.79. The molecule has 2 heteroatoms. The van der Waals surface area contributed by atoms with Crippen LogP contribution in [-0.4, -0.2) is 6.29 Å². The average Bonchev–Trinajstić information content (AvgIpc) is 2.46. The first-order valence-electron chi connectivity index (χ1n) is 6.13. The second kappa shape index (κ2) is 6.01. The van der Waals surface area contributed by atoms with Crippen LogP contribution in [0.15, 0.2) is 49.0 Å². The molecule has 96 valence electrons. The highest BCUT2D eigenvalue weighted by atomic mass is 16.5. The summed E-state index contributed by atoms with van der Waals surface area (Å²) < 4.78 is 5.73. The summed E-state index contributed by atoms with van der Waals surface area (Å²) in [5.74, 6) is 0.611. The molecule has 0 heterocycles. The summed E-state index contributed by atoms with van der Waals surface area (Å²) in [6.45, 7) is 6.15. The standard InChI is InChI=1S/C17H16O2/c1-3-14-6-4-5-7-15(14)12-19-17-9-8-13(2)10-16(17)11-18/h3-11H,1,12H2,2H3. The SMILES string of the molecule is C=Cc1ccccc1COc1ccc(C)cc1C=O. The van der Waals surface area contributed by atoms with Crippen molar-refractivity contribution in [2.75, 3.05) is 0 Å². The van der Waals surface area contributed by atoms with E-state index in [4.69, 9.17) is 4.74 Å². The van der Waals surface area contributed by atoms with E-state index in [2.05, 4.69) is 6.58 Å². The molecule has 2 nitrogen and oxygen atoms in total. The Balaban J connectivity index is 2.19. The average molecular weight is 252 g/mol. The Morgan fingerprint density at radius 1 is 1.16 bits per heavy atom. The molecule has 0 aliphatic rings. The van der Waals surface area contributed by atoms with E-state index in [0.717, 1.165) is 23.0 Å². The lowest BCUT2D eigenvalue weighted by Gasteiger charge is -2.11. The lowest BCUT2D eigenvalue weighted by Crippen LogP contribution is -2.00. The van der Waals surface area contributed by atoms with Crippen LogP contribution in [0.25, 0.3) is 6.08 Å². The number of benzene rings is 2. The number of hydrogen-bond acceptors (Lipinski definition) is 2. The molecule has 2 aromatic carbocycles. The smallest absolute Gasteiger partial charge is 0.153 e. The van der Waals surface area contributed by atoms with E-state index in [-0.39, 0.29) is 0 Å². The van der Waals surface area contributed by atoms with Crippen molar-refractivity contribution in [3.05, 3.63) is 71.3 Å². The molecule has 0 aliphatic carbocycles. The summed E-state index contributed by atoms with van der Waals surface area (Å²) in [7, 11) is 0. The Bertz CT molecular complexity index is 600. The summed E-state index contributed by atoms with van der Waals surface area (Å²) >= 11 is 0. The maximum atomic E-state index is 11.0. The van der Waals surface area contributed by atoms with Crippen molar-refractivity contribution in [2.24, 2.45) is 0 Å². The second-order valence-electron chi connectivity index (χ2n) is 4.35. The first kappa shape index (κ1) is 13.1. The summed E-state index contributed by atoms with van der Waals surface area (Å²) in [5, 5.41) is 0. The van der Waals surface area contributed by atoms with Crippen molar-refractivity contribution < 1.29 is 9.53 Å². The predicted molar refractivity (Wildman–Crippen MR) is 77.4 cm³/mol.